The molecule has 0 atom stereocenters. The van der Waals surface area contributed by atoms with Gasteiger partial charge in [0.15, 0.2) is 4.67 Å². The summed E-state index contributed by atoms with van der Waals surface area (Å²) in [6.07, 6.45) is 1.56. The molecular weight excluding hydrogens is 382 g/mol. The third-order valence-electron chi connectivity index (χ3n) is 3.07. The Labute approximate surface area is 145 Å². The van der Waals surface area contributed by atoms with Gasteiger partial charge in [-0.25, -0.2) is 0 Å². The highest BCUT2D eigenvalue weighted by atomic mass is 79.9. The number of para-hydroxylation sites is 1. The second-order valence-corrected chi connectivity index (χ2v) is 6.41. The van der Waals surface area contributed by atoms with Crippen molar-refractivity contribution < 1.29 is 18.7 Å². The van der Waals surface area contributed by atoms with Crippen LogP contribution in [0.25, 0.3) is 6.08 Å². The van der Waals surface area contributed by atoms with E-state index in [2.05, 4.69) is 15.9 Å². The van der Waals surface area contributed by atoms with Gasteiger partial charge in [-0.2, -0.15) is 0 Å². The predicted octanol–water partition coefficient (Wildman–Crippen LogP) is 4.16. The van der Waals surface area contributed by atoms with E-state index in [9.17, 15) is 9.59 Å². The molecular formula is C16H12BrNO4S. The maximum Gasteiger partial charge on any atom is 0.293 e. The van der Waals surface area contributed by atoms with Crippen molar-refractivity contribution in [3.63, 3.8) is 0 Å². The highest BCUT2D eigenvalue weighted by molar-refractivity contribution is 9.10. The Morgan fingerprint density at radius 1 is 1.17 bits per heavy atom. The number of rotatable bonds is 5. The van der Waals surface area contributed by atoms with Gasteiger partial charge in [-0.05, 0) is 52.0 Å². The van der Waals surface area contributed by atoms with Gasteiger partial charge in [-0.1, -0.05) is 18.2 Å². The van der Waals surface area contributed by atoms with Gasteiger partial charge in [-0.3, -0.25) is 14.5 Å². The third-order valence-corrected chi connectivity index (χ3v) is 4.40. The van der Waals surface area contributed by atoms with Gasteiger partial charge in [0.05, 0.1) is 11.4 Å². The fourth-order valence-electron chi connectivity index (χ4n) is 2.00. The summed E-state index contributed by atoms with van der Waals surface area (Å²) in [5, 5.41) is -0.302. The van der Waals surface area contributed by atoms with Crippen LogP contribution in [0.15, 0.2) is 56.5 Å². The van der Waals surface area contributed by atoms with E-state index in [1.54, 1.807) is 18.2 Å². The quantitative estimate of drug-likeness (QED) is 0.713. The van der Waals surface area contributed by atoms with Gasteiger partial charge in [0.1, 0.15) is 18.1 Å². The van der Waals surface area contributed by atoms with E-state index < -0.39 is 0 Å². The Morgan fingerprint density at radius 2 is 1.96 bits per heavy atom. The van der Waals surface area contributed by atoms with E-state index in [0.717, 1.165) is 11.8 Å². The number of carbonyl (C=O) groups excluding carboxylic acids is 2. The molecule has 2 aromatic rings. The SMILES string of the molecule is O=C1S/C(=C\c2ccc(Br)o2)C(=O)N1CCOc1ccccc1. The lowest BCUT2D eigenvalue weighted by Gasteiger charge is -2.13. The zero-order valence-corrected chi connectivity index (χ0v) is 14.3. The highest BCUT2D eigenvalue weighted by Gasteiger charge is 2.35. The normalized spacial score (nSPS) is 16.4. The molecule has 3 rings (SSSR count). The molecule has 1 aromatic heterocycles. The van der Waals surface area contributed by atoms with Gasteiger partial charge in [0, 0.05) is 6.08 Å². The Morgan fingerprint density at radius 3 is 2.65 bits per heavy atom. The summed E-state index contributed by atoms with van der Waals surface area (Å²) in [6.45, 7) is 0.459. The molecule has 1 aliphatic heterocycles. The molecule has 1 saturated heterocycles. The van der Waals surface area contributed by atoms with Gasteiger partial charge >= 0.3 is 0 Å². The molecule has 1 aromatic carbocycles. The first-order chi connectivity index (χ1) is 11.1. The van der Waals surface area contributed by atoms with E-state index in [1.165, 1.54) is 4.90 Å². The van der Waals surface area contributed by atoms with Crippen molar-refractivity contribution in [3.8, 4) is 5.75 Å². The van der Waals surface area contributed by atoms with E-state index in [0.29, 0.717) is 21.1 Å². The second kappa shape index (κ2) is 7.06. The average molecular weight is 394 g/mol. The van der Waals surface area contributed by atoms with Crippen LogP contribution in [0.2, 0.25) is 0 Å². The topological polar surface area (TPSA) is 59.8 Å². The van der Waals surface area contributed by atoms with Crippen molar-refractivity contribution in [2.24, 2.45) is 0 Å². The van der Waals surface area contributed by atoms with Crippen molar-refractivity contribution in [2.75, 3.05) is 13.2 Å². The summed E-state index contributed by atoms with van der Waals surface area (Å²) in [5.41, 5.74) is 0. The molecule has 0 aliphatic carbocycles. The molecule has 5 nitrogen and oxygen atoms in total. The van der Waals surface area contributed by atoms with E-state index in [-0.39, 0.29) is 24.3 Å². The summed E-state index contributed by atoms with van der Waals surface area (Å²) in [6, 6.07) is 12.7. The molecule has 23 heavy (non-hydrogen) atoms. The number of carbonyl (C=O) groups is 2. The van der Waals surface area contributed by atoms with Crippen molar-refractivity contribution in [1.29, 1.82) is 0 Å². The first-order valence-electron chi connectivity index (χ1n) is 6.82. The zero-order chi connectivity index (χ0) is 16.2. The first kappa shape index (κ1) is 15.9. The number of amides is 2. The minimum Gasteiger partial charge on any atom is -0.492 e. The van der Waals surface area contributed by atoms with E-state index >= 15 is 0 Å². The second-order valence-electron chi connectivity index (χ2n) is 4.64. The van der Waals surface area contributed by atoms with Crippen LogP contribution in [-0.2, 0) is 4.79 Å². The average Bonchev–Trinajstić information content (AvgIpc) is 3.06. The fraction of sp³-hybridized carbons (Fsp3) is 0.125. The molecule has 2 heterocycles. The number of nitrogens with zero attached hydrogens (tertiary/aromatic N) is 1. The molecule has 1 aliphatic rings. The minimum absolute atomic E-state index is 0.207. The van der Waals surface area contributed by atoms with E-state index in [4.69, 9.17) is 9.15 Å². The third kappa shape index (κ3) is 3.86. The fourth-order valence-corrected chi connectivity index (χ4v) is 3.16. The van der Waals surface area contributed by atoms with Gasteiger partial charge in [-0.15, -0.1) is 0 Å². The van der Waals surface area contributed by atoms with Crippen molar-refractivity contribution in [3.05, 3.63) is 57.8 Å². The van der Waals surface area contributed by atoms with Gasteiger partial charge in [0.2, 0.25) is 0 Å². The molecule has 0 spiro atoms. The van der Waals surface area contributed by atoms with Gasteiger partial charge < -0.3 is 9.15 Å². The van der Waals surface area contributed by atoms with Crippen LogP contribution < -0.4 is 4.74 Å². The molecule has 0 unspecified atom stereocenters. The summed E-state index contributed by atoms with van der Waals surface area (Å²) in [7, 11) is 0. The summed E-state index contributed by atoms with van der Waals surface area (Å²) in [4.78, 5) is 25.8. The maximum absolute atomic E-state index is 12.3. The number of hydrogen-bond acceptors (Lipinski definition) is 5. The number of thioether (sulfide) groups is 1. The lowest BCUT2D eigenvalue weighted by atomic mass is 10.3. The van der Waals surface area contributed by atoms with Gasteiger partial charge in [0.25, 0.3) is 11.1 Å². The standard InChI is InChI=1S/C16H12BrNO4S/c17-14-7-6-12(22-14)10-13-15(19)18(16(20)23-13)8-9-21-11-4-2-1-3-5-11/h1-7,10H,8-9H2/b13-10-. The van der Waals surface area contributed by atoms with Crippen LogP contribution in [0.1, 0.15) is 5.76 Å². The Balaban J connectivity index is 1.61. The van der Waals surface area contributed by atoms with Crippen molar-refractivity contribution in [2.45, 2.75) is 0 Å². The Bertz CT molecular complexity index is 756. The predicted molar refractivity (Wildman–Crippen MR) is 91.0 cm³/mol. The lowest BCUT2D eigenvalue weighted by Crippen LogP contribution is -2.32. The lowest BCUT2D eigenvalue weighted by molar-refractivity contribution is -0.123. The number of imide groups is 1. The van der Waals surface area contributed by atoms with Crippen LogP contribution in [0.4, 0.5) is 4.79 Å². The number of hydrogen-bond donors (Lipinski definition) is 0. The first-order valence-corrected chi connectivity index (χ1v) is 8.43. The zero-order valence-electron chi connectivity index (χ0n) is 11.9. The Kier molecular flexibility index (Phi) is 4.88. The smallest absolute Gasteiger partial charge is 0.293 e. The minimum atomic E-state index is -0.329. The number of halogens is 1. The number of furan rings is 1. The number of ether oxygens (including phenoxy) is 1. The van der Waals surface area contributed by atoms with Crippen LogP contribution in [0, 0.1) is 0 Å². The molecule has 7 heteroatoms. The summed E-state index contributed by atoms with van der Waals surface area (Å²) < 4.78 is 11.4. The monoisotopic (exact) mass is 393 g/mol. The largest absolute Gasteiger partial charge is 0.492 e. The number of benzene rings is 1. The molecule has 0 N–H and O–H groups in total. The Hall–Kier alpha value is -1.99. The van der Waals surface area contributed by atoms with Crippen LogP contribution in [-0.4, -0.2) is 29.2 Å². The van der Waals surface area contributed by atoms with Crippen LogP contribution in [0.3, 0.4) is 0 Å². The van der Waals surface area contributed by atoms with Crippen LogP contribution >= 0.6 is 27.7 Å². The van der Waals surface area contributed by atoms with Crippen molar-refractivity contribution in [1.82, 2.24) is 4.90 Å². The van der Waals surface area contributed by atoms with Crippen molar-refractivity contribution >= 4 is 44.9 Å². The molecule has 0 radical (unpaired) electrons. The maximum atomic E-state index is 12.3. The highest BCUT2D eigenvalue weighted by Crippen LogP contribution is 2.32. The van der Waals surface area contributed by atoms with E-state index in [1.807, 2.05) is 30.3 Å². The molecule has 2 amide bonds. The summed E-state index contributed by atoms with van der Waals surface area (Å²) >= 11 is 4.10. The molecule has 118 valence electrons. The molecule has 1 fully saturated rings. The molecule has 0 bridgehead atoms. The molecule has 0 saturated carbocycles. The van der Waals surface area contributed by atoms with Crippen LogP contribution in [0.5, 0.6) is 5.75 Å². The summed E-state index contributed by atoms with van der Waals surface area (Å²) in [5.74, 6) is 0.891.